The highest BCUT2D eigenvalue weighted by atomic mass is 32.1. The number of piperidine rings is 1. The zero-order valence-electron chi connectivity index (χ0n) is 11.7. The summed E-state index contributed by atoms with van der Waals surface area (Å²) in [5, 5.41) is 0. The predicted molar refractivity (Wildman–Crippen MR) is 76.8 cm³/mol. The van der Waals surface area contributed by atoms with Gasteiger partial charge in [-0.2, -0.15) is 0 Å². The summed E-state index contributed by atoms with van der Waals surface area (Å²) in [4.78, 5) is 10.1. The monoisotopic (exact) mass is 263 g/mol. The van der Waals surface area contributed by atoms with E-state index in [-0.39, 0.29) is 0 Å². The lowest BCUT2D eigenvalue weighted by atomic mass is 9.96. The average Bonchev–Trinajstić information content (AvgIpc) is 2.79. The maximum Gasteiger partial charge on any atom is 0.123 e. The number of rotatable bonds is 1. The van der Waals surface area contributed by atoms with Gasteiger partial charge in [-0.05, 0) is 47.2 Å². The first-order valence-electron chi connectivity index (χ1n) is 6.71. The van der Waals surface area contributed by atoms with Crippen LogP contribution in [0.3, 0.4) is 0 Å². The molecule has 0 amide bonds. The first kappa shape index (κ1) is 12.2. The van der Waals surface area contributed by atoms with Crippen molar-refractivity contribution in [1.29, 1.82) is 0 Å². The number of thiazole rings is 1. The molecule has 0 bridgehead atoms. The Kier molecular flexibility index (Phi) is 2.94. The van der Waals surface area contributed by atoms with Crippen LogP contribution >= 0.6 is 11.3 Å². The number of nitrogens with zero attached hydrogens (tertiary/aromatic N) is 3. The van der Waals surface area contributed by atoms with E-state index in [2.05, 4.69) is 37.1 Å². The molecule has 0 N–H and O–H groups in total. The van der Waals surface area contributed by atoms with Gasteiger partial charge in [0.05, 0.1) is 5.69 Å². The van der Waals surface area contributed by atoms with E-state index in [1.807, 2.05) is 11.3 Å². The Morgan fingerprint density at radius 1 is 1.28 bits per heavy atom. The standard InChI is InChI=1S/C14H21N3S/c1-9-10(2)18-14-13(15-11(3)17(9)14)12-6-5-7-16(4)8-12/h12H,5-8H2,1-4H3/t12-/m0/s1. The van der Waals surface area contributed by atoms with Gasteiger partial charge in [0.15, 0.2) is 0 Å². The van der Waals surface area contributed by atoms with Crippen LogP contribution in [0.2, 0.25) is 0 Å². The van der Waals surface area contributed by atoms with Gasteiger partial charge in [0.2, 0.25) is 0 Å². The van der Waals surface area contributed by atoms with Crippen LogP contribution < -0.4 is 0 Å². The second-order valence-corrected chi connectivity index (χ2v) is 6.73. The fraction of sp³-hybridized carbons (Fsp3) is 0.643. The summed E-state index contributed by atoms with van der Waals surface area (Å²) in [7, 11) is 2.22. The largest absolute Gasteiger partial charge is 0.306 e. The minimum atomic E-state index is 0.616. The smallest absolute Gasteiger partial charge is 0.123 e. The minimum absolute atomic E-state index is 0.616. The molecule has 0 aliphatic carbocycles. The van der Waals surface area contributed by atoms with Gasteiger partial charge in [-0.25, -0.2) is 4.98 Å². The number of aromatic nitrogens is 2. The Morgan fingerprint density at radius 2 is 2.06 bits per heavy atom. The van der Waals surface area contributed by atoms with E-state index in [4.69, 9.17) is 4.98 Å². The van der Waals surface area contributed by atoms with Gasteiger partial charge in [0.25, 0.3) is 0 Å². The van der Waals surface area contributed by atoms with E-state index in [0.29, 0.717) is 5.92 Å². The molecule has 18 heavy (non-hydrogen) atoms. The zero-order chi connectivity index (χ0) is 12.9. The van der Waals surface area contributed by atoms with Gasteiger partial charge in [-0.15, -0.1) is 11.3 Å². The van der Waals surface area contributed by atoms with Crippen LogP contribution in [-0.4, -0.2) is 34.4 Å². The quantitative estimate of drug-likeness (QED) is 0.788. The van der Waals surface area contributed by atoms with Crippen LogP contribution in [0.25, 0.3) is 4.83 Å². The van der Waals surface area contributed by atoms with Crippen LogP contribution in [0.15, 0.2) is 0 Å². The van der Waals surface area contributed by atoms with E-state index >= 15 is 0 Å². The summed E-state index contributed by atoms with van der Waals surface area (Å²) in [5.41, 5.74) is 2.69. The molecule has 1 atom stereocenters. The van der Waals surface area contributed by atoms with E-state index in [1.165, 1.54) is 40.5 Å². The zero-order valence-corrected chi connectivity index (χ0v) is 12.5. The van der Waals surface area contributed by atoms with Crippen molar-refractivity contribution in [2.75, 3.05) is 20.1 Å². The maximum atomic E-state index is 4.86. The summed E-state index contributed by atoms with van der Waals surface area (Å²) in [5.74, 6) is 1.76. The Morgan fingerprint density at radius 3 is 2.78 bits per heavy atom. The van der Waals surface area contributed by atoms with E-state index in [1.54, 1.807) is 0 Å². The Labute approximate surface area is 112 Å². The second-order valence-electron chi connectivity index (χ2n) is 5.53. The van der Waals surface area contributed by atoms with Gasteiger partial charge in [0, 0.05) is 23.0 Å². The molecular formula is C14H21N3S. The number of likely N-dealkylation sites (tertiary alicyclic amines) is 1. The van der Waals surface area contributed by atoms with Crippen molar-refractivity contribution in [2.45, 2.75) is 39.5 Å². The van der Waals surface area contributed by atoms with Crippen LogP contribution in [0, 0.1) is 20.8 Å². The average molecular weight is 263 g/mol. The normalized spacial score (nSPS) is 21.9. The molecule has 1 aliphatic heterocycles. The summed E-state index contributed by atoms with van der Waals surface area (Å²) < 4.78 is 2.34. The maximum absolute atomic E-state index is 4.86. The lowest BCUT2D eigenvalue weighted by Gasteiger charge is -2.28. The number of imidazole rings is 1. The molecule has 3 nitrogen and oxygen atoms in total. The van der Waals surface area contributed by atoms with Crippen molar-refractivity contribution in [3.05, 3.63) is 22.1 Å². The lowest BCUT2D eigenvalue weighted by Crippen LogP contribution is -2.31. The highest BCUT2D eigenvalue weighted by Crippen LogP contribution is 2.34. The molecule has 4 heteroatoms. The first-order valence-corrected chi connectivity index (χ1v) is 7.53. The van der Waals surface area contributed by atoms with Crippen molar-refractivity contribution in [3.63, 3.8) is 0 Å². The number of likely N-dealkylation sites (N-methyl/N-ethyl adjacent to an activating group) is 1. The summed E-state index contributed by atoms with van der Waals surface area (Å²) in [6.45, 7) is 8.92. The summed E-state index contributed by atoms with van der Waals surface area (Å²) in [6.07, 6.45) is 2.58. The number of fused-ring (bicyclic) bond motifs is 1. The van der Waals surface area contributed by atoms with Crippen LogP contribution in [-0.2, 0) is 0 Å². The van der Waals surface area contributed by atoms with Crippen molar-refractivity contribution < 1.29 is 0 Å². The number of hydrogen-bond acceptors (Lipinski definition) is 3. The molecule has 3 rings (SSSR count). The minimum Gasteiger partial charge on any atom is -0.306 e. The van der Waals surface area contributed by atoms with Gasteiger partial charge < -0.3 is 4.90 Å². The fourth-order valence-electron chi connectivity index (χ4n) is 3.06. The lowest BCUT2D eigenvalue weighted by molar-refractivity contribution is 0.249. The molecule has 1 aliphatic rings. The molecule has 0 radical (unpaired) electrons. The van der Waals surface area contributed by atoms with Crippen molar-refractivity contribution in [3.8, 4) is 0 Å². The van der Waals surface area contributed by atoms with Gasteiger partial charge in [0.1, 0.15) is 10.7 Å². The molecular weight excluding hydrogens is 242 g/mol. The molecule has 2 aromatic heterocycles. The molecule has 0 aromatic carbocycles. The van der Waals surface area contributed by atoms with E-state index < -0.39 is 0 Å². The van der Waals surface area contributed by atoms with Gasteiger partial charge in [-0.1, -0.05) is 0 Å². The predicted octanol–water partition coefficient (Wildman–Crippen LogP) is 3.13. The molecule has 0 unspecified atom stereocenters. The molecule has 1 saturated heterocycles. The third-order valence-corrected chi connectivity index (χ3v) is 5.32. The van der Waals surface area contributed by atoms with Crippen LogP contribution in [0.1, 0.15) is 40.8 Å². The molecule has 0 spiro atoms. The summed E-state index contributed by atoms with van der Waals surface area (Å²) >= 11 is 1.90. The molecule has 2 aromatic rings. The highest BCUT2D eigenvalue weighted by molar-refractivity contribution is 7.17. The Bertz CT molecular complexity index is 581. The van der Waals surface area contributed by atoms with E-state index in [9.17, 15) is 0 Å². The Balaban J connectivity index is 2.09. The van der Waals surface area contributed by atoms with Crippen LogP contribution in [0.4, 0.5) is 0 Å². The molecule has 3 heterocycles. The van der Waals surface area contributed by atoms with Gasteiger partial charge >= 0.3 is 0 Å². The van der Waals surface area contributed by atoms with Crippen molar-refractivity contribution >= 4 is 16.2 Å². The Hall–Kier alpha value is -0.870. The van der Waals surface area contributed by atoms with E-state index in [0.717, 1.165) is 12.4 Å². The molecule has 98 valence electrons. The van der Waals surface area contributed by atoms with Crippen LogP contribution in [0.5, 0.6) is 0 Å². The summed E-state index contributed by atoms with van der Waals surface area (Å²) in [6, 6.07) is 0. The highest BCUT2D eigenvalue weighted by Gasteiger charge is 2.25. The second kappa shape index (κ2) is 4.35. The van der Waals surface area contributed by atoms with Crippen molar-refractivity contribution in [1.82, 2.24) is 14.3 Å². The first-order chi connectivity index (χ1) is 8.58. The topological polar surface area (TPSA) is 20.5 Å². The third kappa shape index (κ3) is 1.79. The molecule has 0 saturated carbocycles. The number of aryl methyl sites for hydroxylation is 3. The van der Waals surface area contributed by atoms with Crippen molar-refractivity contribution in [2.24, 2.45) is 0 Å². The van der Waals surface area contributed by atoms with Gasteiger partial charge in [-0.3, -0.25) is 4.40 Å². The molecule has 1 fully saturated rings. The SMILES string of the molecule is Cc1sc2c([C@H]3CCCN(C)C3)nc(C)n2c1C. The third-order valence-electron chi connectivity index (χ3n) is 4.13. The number of hydrogen-bond donors (Lipinski definition) is 0. The fourth-order valence-corrected chi connectivity index (χ4v) is 4.26.